The lowest BCUT2D eigenvalue weighted by Gasteiger charge is -2.38. The number of likely N-dealkylation sites (tertiary alicyclic amines) is 1. The Bertz CT molecular complexity index is 1880. The minimum Gasteiger partial charge on any atom is -0.481 e. The van der Waals surface area contributed by atoms with Crippen LogP contribution in [-0.2, 0) is 40.0 Å². The first-order valence-corrected chi connectivity index (χ1v) is 22.9. The number of piperidine rings is 1. The Balaban J connectivity index is 1.99. The van der Waals surface area contributed by atoms with Crippen LogP contribution in [0.5, 0.6) is 0 Å². The molecule has 348 valence electrons. The van der Waals surface area contributed by atoms with Crippen molar-refractivity contribution >= 4 is 58.5 Å². The second kappa shape index (κ2) is 25.3. The molecule has 17 heteroatoms. The van der Waals surface area contributed by atoms with Gasteiger partial charge in [0.15, 0.2) is 6.10 Å². The molecular formula is C46H69N7O9S. The lowest BCUT2D eigenvalue weighted by Crippen LogP contribution is -2.55. The minimum absolute atomic E-state index is 0.00975. The predicted octanol–water partition coefficient (Wildman–Crippen LogP) is 7.00. The molecule has 2 aromatic rings. The number of nitrogens with one attached hydrogen (secondary N) is 4. The quantitative estimate of drug-likeness (QED) is 0.0314. The lowest BCUT2D eigenvalue weighted by atomic mass is 9.80. The Labute approximate surface area is 377 Å². The number of carbonyl (C=O) groups is 6. The Morgan fingerprint density at radius 2 is 1.76 bits per heavy atom. The number of carboxylic acid groups (broad SMARTS) is 1. The normalized spacial score (nSPS) is 16.7. The van der Waals surface area contributed by atoms with Crippen molar-refractivity contribution in [3.63, 3.8) is 0 Å². The molecule has 1 aliphatic heterocycles. The molecule has 0 saturated carbocycles. The van der Waals surface area contributed by atoms with Crippen LogP contribution in [-0.4, -0.2) is 94.7 Å². The number of aliphatic carboxylic acids is 1. The Morgan fingerprint density at radius 1 is 1.06 bits per heavy atom. The molecule has 5 amide bonds. The summed E-state index contributed by atoms with van der Waals surface area (Å²) in [5.41, 5.74) is 0.105. The van der Waals surface area contributed by atoms with Gasteiger partial charge in [0, 0.05) is 43.3 Å². The highest BCUT2D eigenvalue weighted by Crippen LogP contribution is 2.35. The average Bonchev–Trinajstić information content (AvgIpc) is 3.69. The van der Waals surface area contributed by atoms with Gasteiger partial charge in [-0.25, -0.2) is 14.8 Å². The van der Waals surface area contributed by atoms with Crippen LogP contribution in [0.15, 0.2) is 29.6 Å². The van der Waals surface area contributed by atoms with Gasteiger partial charge in [-0.15, -0.1) is 23.7 Å². The molecule has 0 bridgehead atoms. The molecule has 5 N–H and O–H groups in total. The third-order valence-corrected chi connectivity index (χ3v) is 12.3. The van der Waals surface area contributed by atoms with Gasteiger partial charge in [-0.2, -0.15) is 0 Å². The summed E-state index contributed by atoms with van der Waals surface area (Å²) >= 11 is 1.14. The van der Waals surface area contributed by atoms with Crippen LogP contribution in [0, 0.1) is 41.4 Å². The van der Waals surface area contributed by atoms with E-state index in [9.17, 15) is 33.9 Å². The minimum atomic E-state index is -1.24. The molecule has 16 nitrogen and oxygen atoms in total. The molecule has 0 radical (unpaired) electrons. The number of thiazole rings is 1. The largest absolute Gasteiger partial charge is 0.481 e. The number of alkyl carbamates (subject to hydrolysis) is 1. The number of amides is 5. The number of rotatable bonds is 24. The summed E-state index contributed by atoms with van der Waals surface area (Å²) in [7, 11) is 1.96. The summed E-state index contributed by atoms with van der Waals surface area (Å²) in [5.74, 6) is -2.33. The van der Waals surface area contributed by atoms with Gasteiger partial charge in [0.05, 0.1) is 24.2 Å². The first-order chi connectivity index (χ1) is 29.8. The number of terminal acetylenes is 1. The highest BCUT2D eigenvalue weighted by Gasteiger charge is 2.42. The molecule has 0 spiro atoms. The number of anilines is 2. The van der Waals surface area contributed by atoms with Gasteiger partial charge in [-0.3, -0.25) is 33.7 Å². The van der Waals surface area contributed by atoms with E-state index < -0.39 is 53.3 Å². The lowest BCUT2D eigenvalue weighted by molar-refractivity contribution is -0.214. The van der Waals surface area contributed by atoms with Crippen LogP contribution < -0.4 is 21.3 Å². The molecule has 1 aliphatic rings. The number of hydroxylamine groups is 2. The first kappa shape index (κ1) is 52.3. The third-order valence-electron chi connectivity index (χ3n) is 11.4. The zero-order chi connectivity index (χ0) is 46.9. The van der Waals surface area contributed by atoms with Crippen LogP contribution in [0.3, 0.4) is 0 Å². The van der Waals surface area contributed by atoms with E-state index in [-0.39, 0.29) is 68.0 Å². The summed E-state index contributed by atoms with van der Waals surface area (Å²) in [6.45, 7) is 15.1. The van der Waals surface area contributed by atoms with E-state index >= 15 is 0 Å². The van der Waals surface area contributed by atoms with E-state index in [1.807, 2.05) is 34.7 Å². The van der Waals surface area contributed by atoms with Gasteiger partial charge in [-0.1, -0.05) is 46.2 Å². The molecular weight excluding hydrogens is 827 g/mol. The summed E-state index contributed by atoms with van der Waals surface area (Å²) in [6, 6.07) is 6.25. The molecule has 63 heavy (non-hydrogen) atoms. The van der Waals surface area contributed by atoms with Gasteiger partial charge < -0.3 is 31.1 Å². The smallest absolute Gasteiger partial charge is 0.407 e. The van der Waals surface area contributed by atoms with Gasteiger partial charge in [0.25, 0.3) is 5.91 Å². The molecule has 0 unspecified atom stereocenters. The number of benzene rings is 1. The second-order valence-corrected chi connectivity index (χ2v) is 18.3. The molecule has 6 atom stereocenters. The SMILES string of the molecule is C#CCCCON(C(=O)[C@H](C(=O)N[C@H]1CCCCN1C)[C@@H](C)CC)[C@H](C[C@@H](OC(=O)NCC)c1nc(NC(=O)[C@@H](Cc2ccc(NC(C)=O)cc2)CC(C)(C)C(=O)O)cs1)C(C)C. The molecule has 3 rings (SSSR count). The predicted molar refractivity (Wildman–Crippen MR) is 243 cm³/mol. The zero-order valence-electron chi connectivity index (χ0n) is 38.5. The molecule has 1 fully saturated rings. The maximum Gasteiger partial charge on any atom is 0.407 e. The van der Waals surface area contributed by atoms with Crippen molar-refractivity contribution in [3.8, 4) is 12.3 Å². The second-order valence-electron chi connectivity index (χ2n) is 17.4. The van der Waals surface area contributed by atoms with Gasteiger partial charge in [0.1, 0.15) is 16.7 Å². The number of aromatic nitrogens is 1. The number of hydrogen-bond acceptors (Lipinski definition) is 11. The number of hydrogen-bond donors (Lipinski definition) is 5. The van der Waals surface area contributed by atoms with E-state index in [1.165, 1.54) is 12.0 Å². The van der Waals surface area contributed by atoms with Crippen LogP contribution in [0.2, 0.25) is 0 Å². The topological polar surface area (TPSA) is 209 Å². The van der Waals surface area contributed by atoms with Crippen LogP contribution in [0.25, 0.3) is 0 Å². The van der Waals surface area contributed by atoms with Crippen molar-refractivity contribution in [1.29, 1.82) is 0 Å². The first-order valence-electron chi connectivity index (χ1n) is 22.0. The fourth-order valence-corrected chi connectivity index (χ4v) is 8.22. The van der Waals surface area contributed by atoms with E-state index in [2.05, 4.69) is 32.1 Å². The molecule has 1 aromatic heterocycles. The number of ether oxygens (including phenoxy) is 1. The number of carbonyl (C=O) groups excluding carboxylic acids is 5. The van der Waals surface area contributed by atoms with Gasteiger partial charge in [0.2, 0.25) is 17.7 Å². The number of carboxylic acids is 1. The highest BCUT2D eigenvalue weighted by atomic mass is 32.1. The van der Waals surface area contributed by atoms with Crippen LogP contribution in [0.1, 0.15) is 123 Å². The fraction of sp³-hybridized carbons (Fsp3) is 0.630. The Morgan fingerprint density at radius 3 is 2.35 bits per heavy atom. The maximum absolute atomic E-state index is 14.8. The molecule has 1 saturated heterocycles. The Kier molecular flexibility index (Phi) is 21.0. The van der Waals surface area contributed by atoms with Crippen molar-refractivity contribution in [2.45, 2.75) is 131 Å². The summed E-state index contributed by atoms with van der Waals surface area (Å²) < 4.78 is 5.98. The maximum atomic E-state index is 14.8. The third kappa shape index (κ3) is 16.2. The monoisotopic (exact) mass is 895 g/mol. The highest BCUT2D eigenvalue weighted by molar-refractivity contribution is 7.10. The van der Waals surface area contributed by atoms with E-state index in [4.69, 9.17) is 21.0 Å². The van der Waals surface area contributed by atoms with Crippen molar-refractivity contribution in [2.24, 2.45) is 29.1 Å². The molecule has 0 aliphatic carbocycles. The zero-order valence-corrected chi connectivity index (χ0v) is 39.3. The van der Waals surface area contributed by atoms with Crippen molar-refractivity contribution in [2.75, 3.05) is 37.4 Å². The number of nitrogens with zero attached hydrogens (tertiary/aromatic N) is 3. The van der Waals surface area contributed by atoms with Gasteiger partial charge >= 0.3 is 12.1 Å². The van der Waals surface area contributed by atoms with Crippen molar-refractivity contribution < 1.29 is 43.4 Å². The fourth-order valence-electron chi connectivity index (χ4n) is 7.42. The number of unbranched alkanes of at least 4 members (excludes halogenated alkanes) is 1. The van der Waals surface area contributed by atoms with E-state index in [1.54, 1.807) is 50.4 Å². The molecule has 1 aromatic carbocycles. The van der Waals surface area contributed by atoms with Crippen LogP contribution >= 0.6 is 11.3 Å². The standard InChI is InChI=1S/C46H69N7O9S/c1-11-14-17-24-61-53(43(57)39(30(6)12-2)41(56)51-38-18-15-16-23-52(38)10)35(29(4)5)26-36(62-45(60)47-13-3)42-50-37(28-63-42)49-40(55)33(27-46(8,9)44(58)59)25-32-19-21-34(22-20-32)48-31(7)54/h1,19-22,28-30,33,35-36,38-39H,12-18,23-27H2,2-10H3,(H,47,60)(H,48,54)(H,49,55)(H,51,56)(H,58,59)/t30-,33-,35+,36+,38+,39-/m0/s1. The summed E-state index contributed by atoms with van der Waals surface area (Å²) in [4.78, 5) is 92.8. The summed E-state index contributed by atoms with van der Waals surface area (Å²) in [5, 5.41) is 24.5. The van der Waals surface area contributed by atoms with Gasteiger partial charge in [-0.05, 0) is 102 Å². The average molecular weight is 896 g/mol. The van der Waals surface area contributed by atoms with Crippen molar-refractivity contribution in [3.05, 3.63) is 40.2 Å². The molecule has 2 heterocycles. The van der Waals surface area contributed by atoms with E-state index in [0.717, 1.165) is 42.7 Å². The Hall–Kier alpha value is -5.05. The van der Waals surface area contributed by atoms with Crippen LogP contribution in [0.4, 0.5) is 16.3 Å². The van der Waals surface area contributed by atoms with Crippen molar-refractivity contribution in [1.82, 2.24) is 25.6 Å². The summed E-state index contributed by atoms with van der Waals surface area (Å²) in [6.07, 6.45) is 8.02. The van der Waals surface area contributed by atoms with E-state index in [0.29, 0.717) is 30.0 Å².